The molecule has 0 N–H and O–H groups in total. The third-order valence-corrected chi connectivity index (χ3v) is 0. The van der Waals surface area contributed by atoms with Gasteiger partial charge in [0.25, 0.3) is 0 Å². The monoisotopic (exact) mass is 244 g/mol. The summed E-state index contributed by atoms with van der Waals surface area (Å²) >= 11 is -2.03. The molecule has 0 rings (SSSR count). The first-order valence-electron chi connectivity index (χ1n) is 0.333. The van der Waals surface area contributed by atoms with E-state index in [4.69, 9.17) is 6.21 Å². The van der Waals surface area contributed by atoms with E-state index in [1.54, 1.807) is 0 Å². The minimum atomic E-state index is -2.03. The van der Waals surface area contributed by atoms with Crippen LogP contribution in [0.25, 0.3) is 0 Å². The summed E-state index contributed by atoms with van der Waals surface area (Å²) in [6.45, 7) is 0. The quantitative estimate of drug-likeness (QED) is 0.481. The molecule has 4 heteroatoms. The van der Waals surface area contributed by atoms with E-state index >= 15 is 0 Å². The number of hydrogen-bond acceptors (Lipinski definition) is 2. The fraction of sp³-hybridized carbons (Fsp3) is 0. The molecule has 0 spiro atoms. The Balaban J connectivity index is 0. The Kier molecular flexibility index (Phi) is 20.1. The van der Waals surface area contributed by atoms with E-state index in [1.165, 1.54) is 0 Å². The van der Waals surface area contributed by atoms with Gasteiger partial charge in [-0.1, -0.05) is 0 Å². The molecule has 0 bridgehead atoms. The molecule has 0 radical (unpaired) electrons. The zero-order valence-electron chi connectivity index (χ0n) is 1.72. The standard InChI is InChI=1S/O2Te.H2Se/c1-3-2;/h;1H2. The normalized spacial score (nSPS) is 3.00. The zero-order chi connectivity index (χ0) is 2.71. The molecule has 0 aromatic carbocycles. The summed E-state index contributed by atoms with van der Waals surface area (Å²) in [5, 5.41) is 0. The summed E-state index contributed by atoms with van der Waals surface area (Å²) in [4.78, 5) is 0. The van der Waals surface area contributed by atoms with Crippen LogP contribution in [0.2, 0.25) is 0 Å². The molecule has 0 atom stereocenters. The van der Waals surface area contributed by atoms with Crippen LogP contribution in [0.3, 0.4) is 0 Å². The summed E-state index contributed by atoms with van der Waals surface area (Å²) in [7, 11) is 0. The molecule has 0 saturated carbocycles. The molecule has 26 valence electrons. The molecule has 4 heavy (non-hydrogen) atoms. The fourth-order valence-electron chi connectivity index (χ4n) is 0. The van der Waals surface area contributed by atoms with Gasteiger partial charge in [-0.3, -0.25) is 0 Å². The number of hydrogen-bond donors (Lipinski definition) is 0. The van der Waals surface area contributed by atoms with Crippen molar-refractivity contribution in [3.63, 3.8) is 0 Å². The second-order valence-electron chi connectivity index (χ2n) is 0.0680. The Morgan fingerprint density at radius 3 is 1.25 bits per heavy atom. The van der Waals surface area contributed by atoms with Gasteiger partial charge in [0, 0.05) is 0 Å². The van der Waals surface area contributed by atoms with Crippen molar-refractivity contribution in [2.45, 2.75) is 0 Å². The first-order valence-corrected chi connectivity index (χ1v) is 2.24. The van der Waals surface area contributed by atoms with Crippen LogP contribution >= 0.6 is 0 Å². The van der Waals surface area contributed by atoms with E-state index in [0.29, 0.717) is 0 Å². The Morgan fingerprint density at radius 1 is 1.25 bits per heavy atom. The summed E-state index contributed by atoms with van der Waals surface area (Å²) in [6, 6.07) is 0. The average Bonchev–Trinajstić information content (AvgIpc) is 0.918. The van der Waals surface area contributed by atoms with Crippen LogP contribution < -0.4 is 0 Å². The van der Waals surface area contributed by atoms with Gasteiger partial charge < -0.3 is 0 Å². The Hall–Kier alpha value is 0.909. The van der Waals surface area contributed by atoms with Crippen molar-refractivity contribution >= 4 is 38.0 Å². The molecule has 0 aromatic heterocycles. The fourth-order valence-corrected chi connectivity index (χ4v) is 0. The molecule has 0 aliphatic rings. The van der Waals surface area contributed by atoms with Crippen LogP contribution in [0.1, 0.15) is 0 Å². The van der Waals surface area contributed by atoms with Crippen molar-refractivity contribution in [3.8, 4) is 0 Å². The van der Waals surface area contributed by atoms with Gasteiger partial charge in [-0.2, -0.15) is 0 Å². The maximum absolute atomic E-state index is 8.50. The van der Waals surface area contributed by atoms with Crippen molar-refractivity contribution in [1.82, 2.24) is 0 Å². The number of rotatable bonds is 0. The van der Waals surface area contributed by atoms with Crippen LogP contribution in [0.5, 0.6) is 0 Å². The third kappa shape index (κ3) is 12.8. The van der Waals surface area contributed by atoms with E-state index in [1.807, 2.05) is 0 Å². The predicted molar refractivity (Wildman–Crippen MR) is 15.7 cm³/mol. The van der Waals surface area contributed by atoms with Crippen LogP contribution in [-0.4, -0.2) is 38.0 Å². The van der Waals surface area contributed by atoms with Gasteiger partial charge in [-0.05, 0) is 0 Å². The SMILES string of the molecule is O=[Te]=O.[SeH2]. The van der Waals surface area contributed by atoms with Crippen molar-refractivity contribution in [3.05, 3.63) is 0 Å². The van der Waals surface area contributed by atoms with Gasteiger partial charge in [0.1, 0.15) is 0 Å². The first-order chi connectivity index (χ1) is 1.41. The Labute approximate surface area is 44.3 Å². The molecule has 0 amide bonds. The molecule has 0 saturated heterocycles. The van der Waals surface area contributed by atoms with E-state index in [-0.39, 0.29) is 17.1 Å². The van der Waals surface area contributed by atoms with Gasteiger partial charge in [0.05, 0.1) is 0 Å². The van der Waals surface area contributed by atoms with Crippen molar-refractivity contribution in [2.24, 2.45) is 0 Å². The summed E-state index contributed by atoms with van der Waals surface area (Å²) in [5.41, 5.74) is 0. The molecule has 0 unspecified atom stereocenters. The van der Waals surface area contributed by atoms with Gasteiger partial charge >= 0.3 is 44.2 Å². The summed E-state index contributed by atoms with van der Waals surface area (Å²) < 4.78 is 17.0. The third-order valence-electron chi connectivity index (χ3n) is 0. The summed E-state index contributed by atoms with van der Waals surface area (Å²) in [5.74, 6) is 0. The van der Waals surface area contributed by atoms with Crippen LogP contribution in [0.15, 0.2) is 0 Å². The van der Waals surface area contributed by atoms with Gasteiger partial charge in [-0.25, -0.2) is 0 Å². The second kappa shape index (κ2) is 9.08. The molecular weight excluding hydrogens is 239 g/mol. The van der Waals surface area contributed by atoms with E-state index in [2.05, 4.69) is 0 Å². The first kappa shape index (κ1) is 8.86. The minimum absolute atomic E-state index is 0. The molecular formula is H2O2SeTe. The average molecular weight is 241 g/mol. The van der Waals surface area contributed by atoms with Crippen molar-refractivity contribution < 1.29 is 6.21 Å². The topological polar surface area (TPSA) is 34.1 Å². The van der Waals surface area contributed by atoms with Crippen LogP contribution in [0.4, 0.5) is 0 Å². The molecule has 0 fully saturated rings. The zero-order valence-corrected chi connectivity index (χ0v) is 6.15. The maximum atomic E-state index is 8.50. The molecule has 0 heterocycles. The van der Waals surface area contributed by atoms with E-state index in [0.717, 1.165) is 0 Å². The summed E-state index contributed by atoms with van der Waals surface area (Å²) in [6.07, 6.45) is 0. The van der Waals surface area contributed by atoms with Crippen LogP contribution in [-0.2, 0) is 6.21 Å². The van der Waals surface area contributed by atoms with E-state index in [9.17, 15) is 0 Å². The molecule has 0 aliphatic carbocycles. The molecule has 0 aromatic rings. The predicted octanol–water partition coefficient (Wildman–Crippen LogP) is -1.53. The van der Waals surface area contributed by atoms with Gasteiger partial charge in [0.2, 0.25) is 0 Å². The second-order valence-corrected chi connectivity index (χ2v) is 0.456. The van der Waals surface area contributed by atoms with Crippen molar-refractivity contribution in [2.75, 3.05) is 0 Å². The molecule has 0 aliphatic heterocycles. The van der Waals surface area contributed by atoms with Crippen LogP contribution in [0, 0.1) is 0 Å². The Bertz CT molecular complexity index is 27.0. The van der Waals surface area contributed by atoms with Gasteiger partial charge in [-0.15, -0.1) is 0 Å². The molecule has 2 nitrogen and oxygen atoms in total. The van der Waals surface area contributed by atoms with E-state index < -0.39 is 20.9 Å². The Morgan fingerprint density at radius 2 is 1.25 bits per heavy atom. The van der Waals surface area contributed by atoms with Gasteiger partial charge in [0.15, 0.2) is 0 Å². The van der Waals surface area contributed by atoms with Crippen molar-refractivity contribution in [1.29, 1.82) is 0 Å².